The number of pyridine rings is 1. The van der Waals surface area contributed by atoms with Gasteiger partial charge in [-0.05, 0) is 12.1 Å². The van der Waals surface area contributed by atoms with Gasteiger partial charge in [-0.15, -0.1) is 0 Å². The molecular weight excluding hydrogens is 206 g/mol. The summed E-state index contributed by atoms with van der Waals surface area (Å²) >= 11 is 0. The van der Waals surface area contributed by atoms with E-state index in [-0.39, 0.29) is 13.3 Å². The third-order valence-corrected chi connectivity index (χ3v) is 2.20. The van der Waals surface area contributed by atoms with Crippen molar-refractivity contribution in [1.82, 2.24) is 10.3 Å². The molecule has 16 heavy (non-hydrogen) atoms. The number of carbonyl (C=O) groups is 1. The van der Waals surface area contributed by atoms with Crippen molar-refractivity contribution >= 4 is 11.6 Å². The van der Waals surface area contributed by atoms with E-state index in [1.54, 1.807) is 19.4 Å². The standard InChI is InChI=1S/C10H11N3O2.CH4/c1-11-10(14)9-5-8(13-15-9)7-3-2-4-12-6-7;/h2-4,6,9H,5H2,1H3,(H,11,14);1H4. The molecule has 1 aromatic rings. The predicted octanol–water partition coefficient (Wildman–Crippen LogP) is 0.957. The predicted molar refractivity (Wildman–Crippen MR) is 61.1 cm³/mol. The summed E-state index contributed by atoms with van der Waals surface area (Å²) in [5.41, 5.74) is 1.65. The molecule has 1 amide bonds. The van der Waals surface area contributed by atoms with Crippen molar-refractivity contribution in [2.45, 2.75) is 20.0 Å². The Kier molecular flexibility index (Phi) is 3.99. The van der Waals surface area contributed by atoms with Crippen LogP contribution in [0.5, 0.6) is 0 Å². The second-order valence-electron chi connectivity index (χ2n) is 3.19. The number of nitrogens with zero attached hydrogens (tertiary/aromatic N) is 2. The zero-order chi connectivity index (χ0) is 10.7. The largest absolute Gasteiger partial charge is 0.382 e. The van der Waals surface area contributed by atoms with Gasteiger partial charge in [0.05, 0.1) is 5.71 Å². The number of hydrogen-bond acceptors (Lipinski definition) is 4. The molecule has 1 atom stereocenters. The Morgan fingerprint density at radius 2 is 2.44 bits per heavy atom. The highest BCUT2D eigenvalue weighted by Gasteiger charge is 2.27. The fourth-order valence-corrected chi connectivity index (χ4v) is 1.38. The molecule has 1 N–H and O–H groups in total. The number of nitrogens with one attached hydrogen (secondary N) is 1. The Morgan fingerprint density at radius 3 is 3.06 bits per heavy atom. The van der Waals surface area contributed by atoms with E-state index < -0.39 is 6.10 Å². The lowest BCUT2D eigenvalue weighted by atomic mass is 10.1. The number of oxime groups is 1. The Morgan fingerprint density at radius 1 is 1.62 bits per heavy atom. The maximum Gasteiger partial charge on any atom is 0.264 e. The lowest BCUT2D eigenvalue weighted by molar-refractivity contribution is -0.130. The number of carbonyl (C=O) groups excluding carboxylic acids is 1. The zero-order valence-corrected chi connectivity index (χ0v) is 8.30. The van der Waals surface area contributed by atoms with Gasteiger partial charge in [0.1, 0.15) is 0 Å². The van der Waals surface area contributed by atoms with E-state index in [0.29, 0.717) is 6.42 Å². The van der Waals surface area contributed by atoms with Crippen LogP contribution in [0.4, 0.5) is 0 Å². The highest BCUT2D eigenvalue weighted by molar-refractivity contribution is 6.03. The highest BCUT2D eigenvalue weighted by atomic mass is 16.6. The molecular formula is C11H15N3O2. The van der Waals surface area contributed by atoms with Crippen LogP contribution in [0.1, 0.15) is 19.4 Å². The van der Waals surface area contributed by atoms with Gasteiger partial charge in [0, 0.05) is 31.4 Å². The molecule has 0 aliphatic carbocycles. The fourth-order valence-electron chi connectivity index (χ4n) is 1.38. The highest BCUT2D eigenvalue weighted by Crippen LogP contribution is 2.15. The lowest BCUT2D eigenvalue weighted by Crippen LogP contribution is -2.31. The van der Waals surface area contributed by atoms with Crippen LogP contribution in [0, 0.1) is 0 Å². The van der Waals surface area contributed by atoms with Crippen molar-refractivity contribution in [3.8, 4) is 0 Å². The molecule has 2 rings (SSSR count). The van der Waals surface area contributed by atoms with Crippen LogP contribution in [-0.2, 0) is 9.63 Å². The molecule has 0 radical (unpaired) electrons. The van der Waals surface area contributed by atoms with E-state index in [1.165, 1.54) is 0 Å². The first-order valence-electron chi connectivity index (χ1n) is 4.66. The molecule has 1 unspecified atom stereocenters. The van der Waals surface area contributed by atoms with Crippen molar-refractivity contribution in [2.24, 2.45) is 5.16 Å². The third kappa shape index (κ3) is 2.36. The van der Waals surface area contributed by atoms with Gasteiger partial charge in [-0.1, -0.05) is 12.6 Å². The SMILES string of the molecule is C.CNC(=O)C1CC(c2cccnc2)=NO1. The minimum atomic E-state index is -0.509. The van der Waals surface area contributed by atoms with Crippen LogP contribution in [0.3, 0.4) is 0 Å². The molecule has 86 valence electrons. The number of hydrogen-bond donors (Lipinski definition) is 1. The van der Waals surface area contributed by atoms with Gasteiger partial charge >= 0.3 is 0 Å². The van der Waals surface area contributed by atoms with Gasteiger partial charge in [0.25, 0.3) is 5.91 Å². The number of rotatable bonds is 2. The molecule has 2 heterocycles. The summed E-state index contributed by atoms with van der Waals surface area (Å²) in [6, 6.07) is 3.71. The van der Waals surface area contributed by atoms with E-state index in [4.69, 9.17) is 4.84 Å². The van der Waals surface area contributed by atoms with E-state index in [1.807, 2.05) is 12.1 Å². The normalized spacial score (nSPS) is 18.1. The van der Waals surface area contributed by atoms with Gasteiger partial charge in [-0.25, -0.2) is 0 Å². The van der Waals surface area contributed by atoms with E-state index in [0.717, 1.165) is 11.3 Å². The minimum absolute atomic E-state index is 0. The van der Waals surface area contributed by atoms with Crippen LogP contribution in [-0.4, -0.2) is 29.8 Å². The van der Waals surface area contributed by atoms with Crippen molar-refractivity contribution in [3.63, 3.8) is 0 Å². The molecule has 0 saturated carbocycles. The summed E-state index contributed by atoms with van der Waals surface area (Å²) in [5, 5.41) is 6.40. The second kappa shape index (κ2) is 5.25. The molecule has 0 fully saturated rings. The maximum absolute atomic E-state index is 11.3. The van der Waals surface area contributed by atoms with Crippen LogP contribution >= 0.6 is 0 Å². The third-order valence-electron chi connectivity index (χ3n) is 2.20. The molecule has 1 aliphatic heterocycles. The first-order chi connectivity index (χ1) is 7.31. The average molecular weight is 221 g/mol. The zero-order valence-electron chi connectivity index (χ0n) is 8.30. The van der Waals surface area contributed by atoms with Gasteiger partial charge in [0.2, 0.25) is 6.10 Å². The molecule has 5 heteroatoms. The monoisotopic (exact) mass is 221 g/mol. The second-order valence-corrected chi connectivity index (χ2v) is 3.19. The molecule has 0 bridgehead atoms. The van der Waals surface area contributed by atoms with Gasteiger partial charge < -0.3 is 10.2 Å². The van der Waals surface area contributed by atoms with Crippen LogP contribution in [0.2, 0.25) is 0 Å². The Labute approximate surface area is 94.5 Å². The van der Waals surface area contributed by atoms with Crippen molar-refractivity contribution in [2.75, 3.05) is 7.05 Å². The van der Waals surface area contributed by atoms with Crippen LogP contribution < -0.4 is 5.32 Å². The van der Waals surface area contributed by atoms with Crippen LogP contribution in [0.25, 0.3) is 0 Å². The summed E-state index contributed by atoms with van der Waals surface area (Å²) < 4.78 is 0. The Hall–Kier alpha value is -1.91. The topological polar surface area (TPSA) is 63.6 Å². The summed E-state index contributed by atoms with van der Waals surface area (Å²) in [4.78, 5) is 20.3. The molecule has 1 aromatic heterocycles. The quantitative estimate of drug-likeness (QED) is 0.809. The molecule has 1 aliphatic rings. The molecule has 5 nitrogen and oxygen atoms in total. The van der Waals surface area contributed by atoms with Gasteiger partial charge in [-0.2, -0.15) is 0 Å². The average Bonchev–Trinajstić information content (AvgIpc) is 2.78. The summed E-state index contributed by atoms with van der Waals surface area (Å²) in [7, 11) is 1.58. The van der Waals surface area contributed by atoms with Crippen LogP contribution in [0.15, 0.2) is 29.7 Å². The molecule has 0 aromatic carbocycles. The number of aromatic nitrogens is 1. The smallest absolute Gasteiger partial charge is 0.264 e. The van der Waals surface area contributed by atoms with Gasteiger partial charge in [-0.3, -0.25) is 9.78 Å². The first-order valence-corrected chi connectivity index (χ1v) is 4.66. The number of amides is 1. The number of likely N-dealkylation sites (N-methyl/N-ethyl adjacent to an activating group) is 1. The maximum atomic E-state index is 11.3. The molecule has 0 spiro atoms. The van der Waals surface area contributed by atoms with E-state index in [9.17, 15) is 4.79 Å². The minimum Gasteiger partial charge on any atom is -0.382 e. The van der Waals surface area contributed by atoms with Gasteiger partial charge in [0.15, 0.2) is 0 Å². The van der Waals surface area contributed by atoms with Crippen molar-refractivity contribution < 1.29 is 9.63 Å². The Bertz CT molecular complexity index is 389. The summed E-state index contributed by atoms with van der Waals surface area (Å²) in [5.74, 6) is -0.155. The molecule has 0 saturated heterocycles. The Balaban J connectivity index is 0.00000128. The summed E-state index contributed by atoms with van der Waals surface area (Å²) in [6.45, 7) is 0. The van der Waals surface area contributed by atoms with Crippen molar-refractivity contribution in [3.05, 3.63) is 30.1 Å². The van der Waals surface area contributed by atoms with Crippen molar-refractivity contribution in [1.29, 1.82) is 0 Å². The first kappa shape index (κ1) is 12.2. The van der Waals surface area contributed by atoms with E-state index in [2.05, 4.69) is 15.5 Å². The lowest BCUT2D eigenvalue weighted by Gasteiger charge is -2.04. The van der Waals surface area contributed by atoms with E-state index >= 15 is 0 Å². The summed E-state index contributed by atoms with van der Waals surface area (Å²) in [6.07, 6.45) is 3.38. The fraction of sp³-hybridized carbons (Fsp3) is 0.364.